The van der Waals surface area contributed by atoms with E-state index in [1.165, 1.54) is 74.5 Å². The van der Waals surface area contributed by atoms with Gasteiger partial charge in [0, 0.05) is 80.7 Å². The number of carbonyl (C=O) groups is 12. The second-order valence-electron chi connectivity index (χ2n) is 28.3. The Kier molecular flexibility index (Phi) is 36.9. The van der Waals surface area contributed by atoms with Crippen LogP contribution in [0.4, 0.5) is 0 Å². The zero-order chi connectivity index (χ0) is 77.6. The van der Waals surface area contributed by atoms with Gasteiger partial charge < -0.3 is 95.4 Å². The number of aromatic nitrogens is 3. The molecule has 0 unspecified atom stereocenters. The van der Waals surface area contributed by atoms with Gasteiger partial charge in [0.2, 0.25) is 70.9 Å². The lowest BCUT2D eigenvalue weighted by Gasteiger charge is -2.30. The van der Waals surface area contributed by atoms with E-state index in [1.807, 2.05) is 32.0 Å². The minimum atomic E-state index is -1.70. The Morgan fingerprint density at radius 1 is 0.617 bits per heavy atom. The number of phenols is 1. The summed E-state index contributed by atoms with van der Waals surface area (Å²) in [6, 6.07) is 1.84. The van der Waals surface area contributed by atoms with Gasteiger partial charge in [-0.05, 0) is 99.5 Å². The number of aliphatic hydroxyl groups excluding tert-OH is 1. The molecule has 0 radical (unpaired) electrons. The molecule has 12 amide bonds. The van der Waals surface area contributed by atoms with Crippen LogP contribution < -0.4 is 70.4 Å². The number of phenolic OH excluding ortho intramolecular Hbond substituents is 1. The second kappa shape index (κ2) is 46.1. The summed E-state index contributed by atoms with van der Waals surface area (Å²) in [4.78, 5) is 181. The summed E-state index contributed by atoms with van der Waals surface area (Å²) in [7, 11) is 0. The Bertz CT molecular complexity index is 3560. The van der Waals surface area contributed by atoms with E-state index in [9.17, 15) is 67.7 Å². The summed E-state index contributed by atoms with van der Waals surface area (Å²) in [5.41, 5.74) is 18.7. The molecular weight excluding hydrogens is 1380 g/mol. The highest BCUT2D eigenvalue weighted by molar-refractivity contribution is 5.99. The molecule has 4 aromatic rings. The quantitative estimate of drug-likeness (QED) is 0.0170. The highest BCUT2D eigenvalue weighted by Crippen LogP contribution is 2.23. The number of benzene rings is 2. The van der Waals surface area contributed by atoms with E-state index in [-0.39, 0.29) is 126 Å². The van der Waals surface area contributed by atoms with Gasteiger partial charge in [-0.15, -0.1) is 0 Å². The molecule has 2 aromatic carbocycles. The number of aromatic hydroxyl groups is 1. The number of likely N-dealkylation sites (tertiary alicyclic amines) is 1. The van der Waals surface area contributed by atoms with Crippen LogP contribution in [-0.2, 0) is 76.8 Å². The number of hydrogen-bond donors (Lipinski definition) is 17. The number of nitrogens with two attached hydrogens (primary N) is 3. The molecule has 9 atom stereocenters. The minimum absolute atomic E-state index is 0.0177. The maximum atomic E-state index is 14.7. The molecule has 0 aliphatic carbocycles. The van der Waals surface area contributed by atoms with Crippen LogP contribution in [0.5, 0.6) is 5.75 Å². The molecule has 4 heterocycles. The fourth-order valence-corrected chi connectivity index (χ4v) is 13.2. The first-order chi connectivity index (χ1) is 51.4. The van der Waals surface area contributed by atoms with Gasteiger partial charge in [0.05, 0.1) is 19.5 Å². The summed E-state index contributed by atoms with van der Waals surface area (Å²) in [6.07, 6.45) is 20.6. The van der Waals surface area contributed by atoms with Crippen molar-refractivity contribution in [2.24, 2.45) is 28.1 Å². The number of rotatable bonds is 50. The lowest BCUT2D eigenvalue weighted by Crippen LogP contribution is -2.60. The normalized spacial score (nSPS) is 16.0. The molecule has 588 valence electrons. The Morgan fingerprint density at radius 2 is 1.21 bits per heavy atom. The lowest BCUT2D eigenvalue weighted by atomic mass is 10.0. The first kappa shape index (κ1) is 85.8. The fourth-order valence-electron chi connectivity index (χ4n) is 13.2. The van der Waals surface area contributed by atoms with Crippen LogP contribution in [0.2, 0.25) is 0 Å². The van der Waals surface area contributed by atoms with E-state index in [0.717, 1.165) is 43.0 Å². The molecule has 2 saturated heterocycles. The van der Waals surface area contributed by atoms with Crippen LogP contribution in [0.3, 0.4) is 0 Å². The molecule has 20 N–H and O–H groups in total. The molecule has 2 aliphatic rings. The topological polar surface area (TPSA) is 504 Å². The number of aliphatic hydroxyl groups is 1. The first-order valence-corrected chi connectivity index (χ1v) is 37.9. The van der Waals surface area contributed by atoms with Crippen molar-refractivity contribution in [2.45, 2.75) is 249 Å². The van der Waals surface area contributed by atoms with Crippen molar-refractivity contribution in [1.82, 2.24) is 73.0 Å². The summed E-state index contributed by atoms with van der Waals surface area (Å²) in [5.74, 6) is -8.46. The maximum Gasteiger partial charge on any atom is 0.245 e. The molecule has 32 heteroatoms. The molecule has 107 heavy (non-hydrogen) atoms. The van der Waals surface area contributed by atoms with E-state index in [4.69, 9.17) is 17.2 Å². The monoisotopic (exact) mass is 1490 g/mol. The number of carbonyl (C=O) groups excluding carboxylic acids is 12. The van der Waals surface area contributed by atoms with Crippen molar-refractivity contribution >= 4 is 87.7 Å². The summed E-state index contributed by atoms with van der Waals surface area (Å²) < 4.78 is 0. The van der Waals surface area contributed by atoms with Crippen LogP contribution in [0.1, 0.15) is 192 Å². The van der Waals surface area contributed by atoms with Crippen molar-refractivity contribution < 1.29 is 67.7 Å². The molecule has 2 aliphatic heterocycles. The minimum Gasteiger partial charge on any atom is -0.508 e. The van der Waals surface area contributed by atoms with E-state index < -0.39 is 127 Å². The van der Waals surface area contributed by atoms with Gasteiger partial charge in [-0.2, -0.15) is 0 Å². The van der Waals surface area contributed by atoms with Crippen molar-refractivity contribution in [1.29, 1.82) is 0 Å². The molecule has 0 saturated carbocycles. The number of unbranched alkanes of at least 4 members (excludes halogenated alkanes) is 13. The van der Waals surface area contributed by atoms with Gasteiger partial charge in [0.25, 0.3) is 0 Å². The average molecular weight is 1490 g/mol. The zero-order valence-electron chi connectivity index (χ0n) is 62.1. The summed E-state index contributed by atoms with van der Waals surface area (Å²) in [5, 5.41) is 48.8. The lowest BCUT2D eigenvalue weighted by molar-refractivity contribution is -0.142. The Labute approximate surface area is 625 Å². The SMILES string of the molecule is CCCCCCCCCCCCCCCC(=O)N[C@H](CCCCNC(=O)[C@H](Cc1ccc(O)cc1)NC(=O)[C@H](CO)NC(=O)[C@H](Cc1c[nH]c2ccccc12)NC(=O)[C@H](Cc1cnc[nH]1)NC(=O)[C@@H]1CCC(=O)N1)C(=O)N[C@@H](CC(C)C)C(=O)N[C@@H](CCCN=C(N)N)C(=O)N1CCC[C@H]1C(=O)NCC(N)=O. The molecule has 6 rings (SSSR count). The third-order valence-corrected chi connectivity index (χ3v) is 19.0. The highest BCUT2D eigenvalue weighted by Gasteiger charge is 2.40. The van der Waals surface area contributed by atoms with Crippen molar-refractivity contribution in [2.75, 3.05) is 32.8 Å². The van der Waals surface area contributed by atoms with Gasteiger partial charge in [-0.25, -0.2) is 4.98 Å². The van der Waals surface area contributed by atoms with Crippen molar-refractivity contribution in [3.8, 4) is 5.75 Å². The number of primary amides is 1. The maximum absolute atomic E-state index is 14.7. The van der Waals surface area contributed by atoms with Crippen molar-refractivity contribution in [3.05, 3.63) is 84.1 Å². The Morgan fingerprint density at radius 3 is 1.84 bits per heavy atom. The Hall–Kier alpha value is -10.1. The molecule has 2 aromatic heterocycles. The number of fused-ring (bicyclic) bond motifs is 1. The number of aromatic amines is 2. The number of aliphatic imine (C=N–C) groups is 1. The Balaban J connectivity index is 1.15. The van der Waals surface area contributed by atoms with Crippen LogP contribution in [0.15, 0.2) is 72.2 Å². The zero-order valence-corrected chi connectivity index (χ0v) is 62.1. The van der Waals surface area contributed by atoms with Gasteiger partial charge in [-0.1, -0.05) is 128 Å². The van der Waals surface area contributed by atoms with E-state index in [0.29, 0.717) is 36.1 Å². The van der Waals surface area contributed by atoms with Crippen LogP contribution in [0.25, 0.3) is 10.9 Å². The summed E-state index contributed by atoms with van der Waals surface area (Å²) in [6.45, 7) is 4.76. The van der Waals surface area contributed by atoms with E-state index >= 15 is 0 Å². The molecule has 0 bridgehead atoms. The standard InChI is InChI=1S/C75H114N18O14/c1-4-5-6-7-8-9-10-11-12-13-14-15-16-28-64(97)85-54(67(100)88-57(38-47(2)3)69(102)87-56(26-21-36-81-75(77)78)74(107)93-37-22-27-62(93)73(106)83-44-63(76)96)25-19-20-35-80-66(99)58(39-48-29-31-51(95)32-30-48)89-72(105)61(45-94)92-70(103)59(40-49-42-82-53-24-18-17-23-52(49)53)90-71(104)60(41-50-43-79-46-84-50)91-68(101)55-33-34-65(98)86-55/h17-18,23-24,29-32,42-43,46-47,54-62,82,94-95H,4-16,19-22,25-28,33-41,44-45H2,1-3H3,(H2,76,96)(H,79,84)(H,80,99)(H,83,106)(H,85,97)(H,86,98)(H,87,102)(H,88,100)(H,89,105)(H,90,104)(H,91,101)(H,92,103)(H4,77,78,81)/t54-,55+,56+,57+,58+,59+,60+,61+,62+/m1/s1. The average Bonchev–Trinajstić information content (AvgIpc) is 1.67. The first-order valence-electron chi connectivity index (χ1n) is 37.9. The van der Waals surface area contributed by atoms with Crippen molar-refractivity contribution in [3.63, 3.8) is 0 Å². The number of guanidine groups is 1. The smallest absolute Gasteiger partial charge is 0.245 e. The third-order valence-electron chi connectivity index (χ3n) is 19.0. The predicted molar refractivity (Wildman–Crippen MR) is 401 cm³/mol. The fraction of sp³-hybridized carbons (Fsp3) is 0.600. The van der Waals surface area contributed by atoms with Crippen LogP contribution in [-0.4, -0.2) is 194 Å². The van der Waals surface area contributed by atoms with E-state index in [2.05, 4.69) is 80.0 Å². The van der Waals surface area contributed by atoms with Gasteiger partial charge in [0.1, 0.15) is 60.1 Å². The number of amides is 12. The van der Waals surface area contributed by atoms with Gasteiger partial charge in [0.15, 0.2) is 5.96 Å². The third kappa shape index (κ3) is 30.3. The predicted octanol–water partition coefficient (Wildman–Crippen LogP) is 1.75. The van der Waals surface area contributed by atoms with E-state index in [1.54, 1.807) is 24.4 Å². The summed E-state index contributed by atoms with van der Waals surface area (Å²) >= 11 is 0. The largest absolute Gasteiger partial charge is 0.508 e. The second-order valence-corrected chi connectivity index (χ2v) is 28.3. The number of H-pyrrole nitrogens is 2. The number of hydrogen-bond acceptors (Lipinski definition) is 16. The molecule has 0 spiro atoms. The number of nitrogens with one attached hydrogen (secondary N) is 12. The highest BCUT2D eigenvalue weighted by atomic mass is 16.3. The van der Waals surface area contributed by atoms with Crippen LogP contribution in [0, 0.1) is 5.92 Å². The van der Waals surface area contributed by atoms with Crippen LogP contribution >= 0.6 is 0 Å². The molecular formula is C75H114N18O14. The number of nitrogens with zero attached hydrogens (tertiary/aromatic N) is 3. The molecule has 2 fully saturated rings. The molecule has 32 nitrogen and oxygen atoms in total. The number of imidazole rings is 1. The number of para-hydroxylation sites is 1. The van der Waals surface area contributed by atoms with Gasteiger partial charge in [-0.3, -0.25) is 62.5 Å². The van der Waals surface area contributed by atoms with Gasteiger partial charge >= 0.3 is 0 Å².